The molecule has 3 fully saturated rings. The lowest BCUT2D eigenvalue weighted by Gasteiger charge is -2.46. The van der Waals surface area contributed by atoms with Crippen LogP contribution in [0.4, 0.5) is 0 Å². The Kier molecular flexibility index (Phi) is 3.18. The van der Waals surface area contributed by atoms with Gasteiger partial charge in [0.2, 0.25) is 0 Å². The summed E-state index contributed by atoms with van der Waals surface area (Å²) in [5, 5.41) is 0. The van der Waals surface area contributed by atoms with Gasteiger partial charge >= 0.3 is 0 Å². The summed E-state index contributed by atoms with van der Waals surface area (Å²) in [5.74, 6) is 0.931. The van der Waals surface area contributed by atoms with Crippen LogP contribution < -0.4 is 5.73 Å². The van der Waals surface area contributed by atoms with Crippen LogP contribution in [0.1, 0.15) is 32.1 Å². The van der Waals surface area contributed by atoms with Crippen LogP contribution in [0.15, 0.2) is 0 Å². The Morgan fingerprint density at radius 1 is 1.06 bits per heavy atom. The minimum Gasteiger partial charge on any atom is -0.329 e. The van der Waals surface area contributed by atoms with Crippen LogP contribution in [0.5, 0.6) is 0 Å². The minimum absolute atomic E-state index is 0.698. The van der Waals surface area contributed by atoms with E-state index in [4.69, 9.17) is 5.73 Å². The van der Waals surface area contributed by atoms with Gasteiger partial charge in [0.1, 0.15) is 0 Å². The van der Waals surface area contributed by atoms with Gasteiger partial charge in [0.25, 0.3) is 0 Å². The lowest BCUT2D eigenvalue weighted by molar-refractivity contribution is 0.0241. The lowest BCUT2D eigenvalue weighted by atomic mass is 9.98. The van der Waals surface area contributed by atoms with E-state index in [1.807, 2.05) is 0 Å². The van der Waals surface area contributed by atoms with Gasteiger partial charge in [-0.3, -0.25) is 9.80 Å². The van der Waals surface area contributed by atoms with Crippen LogP contribution in [0, 0.1) is 5.92 Å². The average Bonchev–Trinajstić information content (AvgIpc) is 3.14. The SMILES string of the molecule is NCC(C1CC1)N1CCN2CCCCC2C1. The van der Waals surface area contributed by atoms with E-state index in [0.29, 0.717) is 6.04 Å². The number of rotatable bonds is 3. The third-order valence-corrected chi connectivity index (χ3v) is 4.75. The molecule has 2 heterocycles. The molecular weight excluding hydrogens is 198 g/mol. The average molecular weight is 223 g/mol. The lowest BCUT2D eigenvalue weighted by Crippen LogP contribution is -2.58. The van der Waals surface area contributed by atoms with Gasteiger partial charge in [0, 0.05) is 38.3 Å². The van der Waals surface area contributed by atoms with Gasteiger partial charge in [-0.1, -0.05) is 6.42 Å². The molecule has 2 unspecified atom stereocenters. The predicted octanol–water partition coefficient (Wildman–Crippen LogP) is 0.894. The number of hydrogen-bond donors (Lipinski definition) is 1. The molecule has 0 aromatic rings. The topological polar surface area (TPSA) is 32.5 Å². The molecule has 0 aromatic heterocycles. The van der Waals surface area contributed by atoms with Crippen molar-refractivity contribution in [3.05, 3.63) is 0 Å². The van der Waals surface area contributed by atoms with Crippen LogP contribution in [0.25, 0.3) is 0 Å². The molecule has 2 atom stereocenters. The molecule has 2 aliphatic heterocycles. The Morgan fingerprint density at radius 3 is 2.69 bits per heavy atom. The number of nitrogens with zero attached hydrogens (tertiary/aromatic N) is 2. The minimum atomic E-state index is 0.698. The fourth-order valence-corrected chi connectivity index (χ4v) is 3.60. The fraction of sp³-hybridized carbons (Fsp3) is 1.00. The van der Waals surface area contributed by atoms with Crippen LogP contribution >= 0.6 is 0 Å². The predicted molar refractivity (Wildman–Crippen MR) is 66.4 cm³/mol. The highest BCUT2D eigenvalue weighted by Gasteiger charge is 2.38. The largest absolute Gasteiger partial charge is 0.329 e. The van der Waals surface area contributed by atoms with Gasteiger partial charge in [-0.25, -0.2) is 0 Å². The molecule has 0 spiro atoms. The van der Waals surface area contributed by atoms with E-state index >= 15 is 0 Å². The van der Waals surface area contributed by atoms with Gasteiger partial charge < -0.3 is 5.73 Å². The molecule has 0 bridgehead atoms. The Labute approximate surface area is 99.0 Å². The first-order valence-corrected chi connectivity index (χ1v) is 7.06. The van der Waals surface area contributed by atoms with E-state index in [9.17, 15) is 0 Å². The molecule has 3 rings (SSSR count). The first-order valence-electron chi connectivity index (χ1n) is 7.06. The van der Waals surface area contributed by atoms with Gasteiger partial charge in [-0.05, 0) is 38.1 Å². The number of nitrogens with two attached hydrogens (primary N) is 1. The van der Waals surface area contributed by atoms with E-state index in [2.05, 4.69) is 9.80 Å². The molecule has 0 amide bonds. The molecule has 1 aliphatic carbocycles. The maximum atomic E-state index is 5.96. The molecule has 92 valence electrons. The third-order valence-electron chi connectivity index (χ3n) is 4.75. The first-order chi connectivity index (χ1) is 7.88. The number of fused-ring (bicyclic) bond motifs is 1. The van der Waals surface area contributed by atoms with Gasteiger partial charge in [0.15, 0.2) is 0 Å². The van der Waals surface area contributed by atoms with Crippen LogP contribution in [-0.4, -0.2) is 54.6 Å². The summed E-state index contributed by atoms with van der Waals surface area (Å²) in [5.41, 5.74) is 5.96. The summed E-state index contributed by atoms with van der Waals surface area (Å²) in [6.07, 6.45) is 7.11. The van der Waals surface area contributed by atoms with Crippen molar-refractivity contribution in [1.29, 1.82) is 0 Å². The summed E-state index contributed by atoms with van der Waals surface area (Å²) in [7, 11) is 0. The number of hydrogen-bond acceptors (Lipinski definition) is 3. The van der Waals surface area contributed by atoms with Gasteiger partial charge in [0.05, 0.1) is 0 Å². The highest BCUT2D eigenvalue weighted by atomic mass is 15.3. The molecule has 3 nitrogen and oxygen atoms in total. The summed E-state index contributed by atoms with van der Waals surface area (Å²) < 4.78 is 0. The van der Waals surface area contributed by atoms with Crippen molar-refractivity contribution in [2.24, 2.45) is 11.7 Å². The van der Waals surface area contributed by atoms with Crippen molar-refractivity contribution < 1.29 is 0 Å². The van der Waals surface area contributed by atoms with E-state index in [-0.39, 0.29) is 0 Å². The zero-order chi connectivity index (χ0) is 11.0. The molecule has 2 saturated heterocycles. The summed E-state index contributed by atoms with van der Waals surface area (Å²) >= 11 is 0. The van der Waals surface area contributed by atoms with Crippen LogP contribution in [-0.2, 0) is 0 Å². The van der Waals surface area contributed by atoms with Crippen molar-refractivity contribution in [2.75, 3.05) is 32.7 Å². The van der Waals surface area contributed by atoms with Crippen molar-refractivity contribution in [2.45, 2.75) is 44.2 Å². The van der Waals surface area contributed by atoms with Gasteiger partial charge in [-0.15, -0.1) is 0 Å². The molecular formula is C13H25N3. The van der Waals surface area contributed by atoms with Crippen molar-refractivity contribution >= 4 is 0 Å². The number of piperazine rings is 1. The molecule has 3 heteroatoms. The van der Waals surface area contributed by atoms with E-state index in [0.717, 1.165) is 18.5 Å². The molecule has 0 radical (unpaired) electrons. The summed E-state index contributed by atoms with van der Waals surface area (Å²) in [6, 6.07) is 1.54. The second-order valence-corrected chi connectivity index (χ2v) is 5.82. The highest BCUT2D eigenvalue weighted by molar-refractivity contribution is 4.94. The van der Waals surface area contributed by atoms with E-state index in [1.165, 1.54) is 58.3 Å². The molecule has 3 aliphatic rings. The first kappa shape index (κ1) is 11.0. The van der Waals surface area contributed by atoms with E-state index < -0.39 is 0 Å². The molecule has 0 aromatic carbocycles. The highest BCUT2D eigenvalue weighted by Crippen LogP contribution is 2.36. The fourth-order valence-electron chi connectivity index (χ4n) is 3.60. The van der Waals surface area contributed by atoms with Crippen LogP contribution in [0.2, 0.25) is 0 Å². The van der Waals surface area contributed by atoms with E-state index in [1.54, 1.807) is 0 Å². The molecule has 16 heavy (non-hydrogen) atoms. The zero-order valence-corrected chi connectivity index (χ0v) is 10.3. The van der Waals surface area contributed by atoms with Crippen molar-refractivity contribution in [3.63, 3.8) is 0 Å². The molecule has 1 saturated carbocycles. The summed E-state index contributed by atoms with van der Waals surface area (Å²) in [4.78, 5) is 5.41. The number of piperidine rings is 1. The zero-order valence-electron chi connectivity index (χ0n) is 10.3. The third kappa shape index (κ3) is 2.13. The monoisotopic (exact) mass is 223 g/mol. The maximum Gasteiger partial charge on any atom is 0.0247 e. The standard InChI is InChI=1S/C13H25N3/c14-9-13(11-4-5-11)16-8-7-15-6-2-1-3-12(15)10-16/h11-13H,1-10,14H2. The molecule has 2 N–H and O–H groups in total. The smallest absolute Gasteiger partial charge is 0.0247 e. The second kappa shape index (κ2) is 4.63. The maximum absolute atomic E-state index is 5.96. The quantitative estimate of drug-likeness (QED) is 0.771. The normalized spacial score (nSPS) is 34.7. The Morgan fingerprint density at radius 2 is 1.94 bits per heavy atom. The van der Waals surface area contributed by atoms with Gasteiger partial charge in [-0.2, -0.15) is 0 Å². The van der Waals surface area contributed by atoms with Crippen molar-refractivity contribution in [1.82, 2.24) is 9.80 Å². The summed E-state index contributed by atoms with van der Waals surface area (Å²) in [6.45, 7) is 6.05. The Hall–Kier alpha value is -0.120. The van der Waals surface area contributed by atoms with Crippen LogP contribution in [0.3, 0.4) is 0 Å². The second-order valence-electron chi connectivity index (χ2n) is 5.82. The van der Waals surface area contributed by atoms with Crippen molar-refractivity contribution in [3.8, 4) is 0 Å². The Bertz CT molecular complexity index is 239. The Balaban J connectivity index is 1.60.